The maximum atomic E-state index is 14.7. The SMILES string of the molecule is CC(=N/C(C)=C\C=O)N(C)C1C=CC(N2CCC(C=O)CC2)=C(F)C1.CO. The Kier molecular flexibility index (Phi) is 9.64. The molecule has 1 N–H and O–H groups in total. The van der Waals surface area contributed by atoms with Crippen LogP contribution in [-0.4, -0.2) is 66.6 Å². The lowest BCUT2D eigenvalue weighted by Crippen LogP contribution is -2.38. The van der Waals surface area contributed by atoms with E-state index in [4.69, 9.17) is 5.11 Å². The lowest BCUT2D eigenvalue weighted by molar-refractivity contribution is -0.112. The molecule has 0 radical (unpaired) electrons. The third-order valence-corrected chi connectivity index (χ3v) is 4.87. The number of aliphatic imine (C=N–C) groups is 1. The lowest BCUT2D eigenvalue weighted by Gasteiger charge is -2.36. The summed E-state index contributed by atoms with van der Waals surface area (Å²) in [5, 5.41) is 7.00. The van der Waals surface area contributed by atoms with E-state index in [1.807, 2.05) is 35.9 Å². The van der Waals surface area contributed by atoms with Gasteiger partial charge in [-0.15, -0.1) is 0 Å². The molecule has 1 aliphatic heterocycles. The number of piperidine rings is 1. The molecule has 0 amide bonds. The van der Waals surface area contributed by atoms with E-state index < -0.39 is 0 Å². The number of allylic oxidation sites excluding steroid dienone is 3. The molecule has 0 aromatic heterocycles. The average Bonchev–Trinajstić information content (AvgIpc) is 2.69. The van der Waals surface area contributed by atoms with E-state index in [2.05, 4.69) is 4.99 Å². The van der Waals surface area contributed by atoms with Gasteiger partial charge in [0.15, 0.2) is 0 Å². The molecule has 7 heteroatoms. The van der Waals surface area contributed by atoms with Crippen LogP contribution in [0.15, 0.2) is 40.4 Å². The Hall–Kier alpha value is -2.28. The van der Waals surface area contributed by atoms with E-state index in [-0.39, 0.29) is 17.8 Å². The molecule has 1 atom stereocenters. The van der Waals surface area contributed by atoms with E-state index in [1.54, 1.807) is 6.92 Å². The highest BCUT2D eigenvalue weighted by Gasteiger charge is 2.26. The average molecular weight is 379 g/mol. The molecule has 1 unspecified atom stereocenters. The molecule has 1 aliphatic carbocycles. The summed E-state index contributed by atoms with van der Waals surface area (Å²) in [4.78, 5) is 29.6. The van der Waals surface area contributed by atoms with Crippen molar-refractivity contribution in [2.45, 2.75) is 39.2 Å². The molecule has 1 saturated heterocycles. The predicted molar refractivity (Wildman–Crippen MR) is 105 cm³/mol. The number of hydrogen-bond acceptors (Lipinski definition) is 5. The molecule has 0 saturated carbocycles. The lowest BCUT2D eigenvalue weighted by atomic mass is 9.96. The molecule has 1 fully saturated rings. The summed E-state index contributed by atoms with van der Waals surface area (Å²) in [6, 6.07) is -0.107. The first kappa shape index (κ1) is 22.8. The van der Waals surface area contributed by atoms with Crippen LogP contribution in [0, 0.1) is 5.92 Å². The molecule has 1 heterocycles. The number of nitrogens with zero attached hydrogens (tertiary/aromatic N) is 3. The zero-order valence-corrected chi connectivity index (χ0v) is 16.6. The van der Waals surface area contributed by atoms with Crippen LogP contribution in [0.4, 0.5) is 4.39 Å². The van der Waals surface area contributed by atoms with Crippen molar-refractivity contribution in [3.63, 3.8) is 0 Å². The van der Waals surface area contributed by atoms with Gasteiger partial charge in [0, 0.05) is 45.3 Å². The maximum Gasteiger partial charge on any atom is 0.144 e. The highest BCUT2D eigenvalue weighted by molar-refractivity contribution is 5.81. The Labute approximate surface area is 160 Å². The fraction of sp³-hybridized carbons (Fsp3) is 0.550. The van der Waals surface area contributed by atoms with Gasteiger partial charge in [-0.1, -0.05) is 6.08 Å². The van der Waals surface area contributed by atoms with Crippen LogP contribution >= 0.6 is 0 Å². The molecule has 27 heavy (non-hydrogen) atoms. The summed E-state index contributed by atoms with van der Waals surface area (Å²) in [6.45, 7) is 5.03. The zero-order valence-electron chi connectivity index (χ0n) is 16.6. The van der Waals surface area contributed by atoms with E-state index in [1.165, 1.54) is 6.08 Å². The van der Waals surface area contributed by atoms with Crippen molar-refractivity contribution >= 4 is 18.4 Å². The van der Waals surface area contributed by atoms with Gasteiger partial charge in [-0.3, -0.25) is 4.79 Å². The fourth-order valence-electron chi connectivity index (χ4n) is 3.18. The first-order chi connectivity index (χ1) is 13.0. The largest absolute Gasteiger partial charge is 0.400 e. The Morgan fingerprint density at radius 3 is 2.44 bits per heavy atom. The topological polar surface area (TPSA) is 73.2 Å². The second kappa shape index (κ2) is 11.4. The number of rotatable bonds is 5. The molecule has 0 bridgehead atoms. The number of likely N-dealkylation sites (tertiary alicyclic amines) is 1. The minimum absolute atomic E-state index is 0.105. The van der Waals surface area contributed by atoms with E-state index in [0.717, 1.165) is 32.1 Å². The minimum atomic E-state index is -0.128. The number of carbonyl (C=O) groups is 2. The predicted octanol–water partition coefficient (Wildman–Crippen LogP) is 2.47. The van der Waals surface area contributed by atoms with Crippen LogP contribution in [0.25, 0.3) is 0 Å². The number of amidine groups is 1. The Morgan fingerprint density at radius 2 is 1.93 bits per heavy atom. The van der Waals surface area contributed by atoms with Crippen molar-refractivity contribution in [2.75, 3.05) is 27.2 Å². The number of aliphatic hydroxyl groups excluding tert-OH is 1. The highest BCUT2D eigenvalue weighted by Crippen LogP contribution is 2.29. The Bertz CT molecular complexity index is 632. The summed E-state index contributed by atoms with van der Waals surface area (Å²) in [5.74, 6) is 0.707. The number of hydrogen-bond donors (Lipinski definition) is 1. The van der Waals surface area contributed by atoms with Gasteiger partial charge in [0.25, 0.3) is 0 Å². The van der Waals surface area contributed by atoms with Gasteiger partial charge in [0.05, 0.1) is 11.7 Å². The van der Waals surface area contributed by atoms with Crippen molar-refractivity contribution in [3.8, 4) is 0 Å². The van der Waals surface area contributed by atoms with Crippen molar-refractivity contribution < 1.29 is 19.1 Å². The molecule has 150 valence electrons. The summed E-state index contributed by atoms with van der Waals surface area (Å²) in [6.07, 6.45) is 8.79. The first-order valence-corrected chi connectivity index (χ1v) is 9.08. The summed E-state index contributed by atoms with van der Waals surface area (Å²) in [7, 11) is 2.87. The molecule has 2 aliphatic rings. The quantitative estimate of drug-likeness (QED) is 0.344. The summed E-state index contributed by atoms with van der Waals surface area (Å²) < 4.78 is 14.7. The smallest absolute Gasteiger partial charge is 0.144 e. The standard InChI is InChI=1S/C19H26FN3O2.CH4O/c1-14(8-11-24)21-15(2)22(3)17-4-5-19(18(20)12-17)23-9-6-16(13-25)7-10-23;1-2/h4-5,8,11,13,16-17H,6-7,9-10,12H2,1-3H3;2H,1H3/b14-8-,21-15?;. The maximum absolute atomic E-state index is 14.7. The van der Waals surface area contributed by atoms with E-state index >= 15 is 0 Å². The molecular formula is C20H30FN3O3. The first-order valence-electron chi connectivity index (χ1n) is 9.08. The molecule has 0 spiro atoms. The van der Waals surface area contributed by atoms with Crippen molar-refractivity contribution in [1.82, 2.24) is 9.80 Å². The molecule has 2 rings (SSSR count). The van der Waals surface area contributed by atoms with Crippen molar-refractivity contribution in [2.24, 2.45) is 10.9 Å². The fourth-order valence-corrected chi connectivity index (χ4v) is 3.18. The third kappa shape index (κ3) is 6.43. The Morgan fingerprint density at radius 1 is 1.30 bits per heavy atom. The van der Waals surface area contributed by atoms with Gasteiger partial charge < -0.3 is 19.7 Å². The van der Waals surface area contributed by atoms with Gasteiger partial charge in [-0.25, -0.2) is 9.38 Å². The number of aldehydes is 2. The van der Waals surface area contributed by atoms with Crippen LogP contribution in [0.1, 0.15) is 33.1 Å². The Balaban J connectivity index is 0.00000176. The second-order valence-electron chi connectivity index (χ2n) is 6.60. The van der Waals surface area contributed by atoms with Gasteiger partial charge in [0.2, 0.25) is 0 Å². The monoisotopic (exact) mass is 379 g/mol. The number of aliphatic hydroxyl groups is 1. The van der Waals surface area contributed by atoms with Gasteiger partial charge >= 0.3 is 0 Å². The van der Waals surface area contributed by atoms with Crippen LogP contribution in [0.2, 0.25) is 0 Å². The normalized spacial score (nSPS) is 21.6. The highest BCUT2D eigenvalue weighted by atomic mass is 19.1. The minimum Gasteiger partial charge on any atom is -0.400 e. The van der Waals surface area contributed by atoms with Crippen molar-refractivity contribution in [1.29, 1.82) is 0 Å². The second-order valence-corrected chi connectivity index (χ2v) is 6.60. The van der Waals surface area contributed by atoms with Crippen LogP contribution in [0.3, 0.4) is 0 Å². The van der Waals surface area contributed by atoms with E-state index in [9.17, 15) is 14.0 Å². The molecule has 0 aromatic rings. The number of carbonyl (C=O) groups excluding carboxylic acids is 2. The molecule has 6 nitrogen and oxygen atoms in total. The van der Waals surface area contributed by atoms with Crippen molar-refractivity contribution in [3.05, 3.63) is 35.4 Å². The van der Waals surface area contributed by atoms with Crippen LogP contribution < -0.4 is 0 Å². The van der Waals surface area contributed by atoms with Crippen LogP contribution in [-0.2, 0) is 9.59 Å². The van der Waals surface area contributed by atoms with Gasteiger partial charge in [-0.05, 0) is 38.8 Å². The number of likely N-dealkylation sites (N-methyl/N-ethyl adjacent to an activating group) is 1. The van der Waals surface area contributed by atoms with E-state index in [0.29, 0.717) is 37.2 Å². The van der Waals surface area contributed by atoms with Crippen LogP contribution in [0.5, 0.6) is 0 Å². The zero-order chi connectivity index (χ0) is 20.4. The summed E-state index contributed by atoms with van der Waals surface area (Å²) in [5.41, 5.74) is 1.26. The van der Waals surface area contributed by atoms with Gasteiger partial charge in [0.1, 0.15) is 24.2 Å². The van der Waals surface area contributed by atoms with Gasteiger partial charge in [-0.2, -0.15) is 0 Å². The number of halogens is 1. The third-order valence-electron chi connectivity index (χ3n) is 4.87. The molecular weight excluding hydrogens is 349 g/mol. The summed E-state index contributed by atoms with van der Waals surface area (Å²) >= 11 is 0. The molecule has 0 aromatic carbocycles.